The first-order valence-electron chi connectivity index (χ1n) is 4.91. The molecule has 0 aromatic heterocycles. The summed E-state index contributed by atoms with van der Waals surface area (Å²) in [6.07, 6.45) is -3.64. The standard InChI is InChI=1S/C9H18F3N3/c1-4-5-15(6-9(10,11)12)8(13)14-7(2)3/h7H,4-6H2,1-3H3,(H2,13,14). The maximum absolute atomic E-state index is 12.2. The molecular formula is C9H18F3N3. The average Bonchev–Trinajstić information content (AvgIpc) is 1.99. The van der Waals surface area contributed by atoms with E-state index in [1.54, 1.807) is 20.8 Å². The van der Waals surface area contributed by atoms with Crippen LogP contribution in [0, 0.1) is 0 Å². The molecule has 0 aliphatic rings. The maximum atomic E-state index is 12.2. The molecule has 0 aliphatic carbocycles. The van der Waals surface area contributed by atoms with Gasteiger partial charge < -0.3 is 10.6 Å². The highest BCUT2D eigenvalue weighted by molar-refractivity contribution is 5.78. The zero-order chi connectivity index (χ0) is 12.1. The SMILES string of the molecule is CCCN(CC(F)(F)F)C(N)=NC(C)C. The van der Waals surface area contributed by atoms with Gasteiger partial charge in [0.05, 0.1) is 0 Å². The van der Waals surface area contributed by atoms with E-state index in [4.69, 9.17) is 5.73 Å². The van der Waals surface area contributed by atoms with Crippen LogP contribution in [0.25, 0.3) is 0 Å². The van der Waals surface area contributed by atoms with Crippen LogP contribution in [0.1, 0.15) is 27.2 Å². The van der Waals surface area contributed by atoms with E-state index in [2.05, 4.69) is 4.99 Å². The topological polar surface area (TPSA) is 41.6 Å². The van der Waals surface area contributed by atoms with E-state index in [9.17, 15) is 13.2 Å². The van der Waals surface area contributed by atoms with Crippen LogP contribution in [0.15, 0.2) is 4.99 Å². The number of nitrogens with two attached hydrogens (primary N) is 1. The van der Waals surface area contributed by atoms with Crippen molar-refractivity contribution in [3.05, 3.63) is 0 Å². The number of alkyl halides is 3. The number of hydrogen-bond donors (Lipinski definition) is 1. The van der Waals surface area contributed by atoms with Crippen LogP contribution < -0.4 is 5.73 Å². The second kappa shape index (κ2) is 5.82. The molecule has 0 saturated carbocycles. The van der Waals surface area contributed by atoms with Gasteiger partial charge in [-0.25, -0.2) is 0 Å². The van der Waals surface area contributed by atoms with Crippen LogP contribution in [-0.4, -0.2) is 36.2 Å². The molecule has 0 unspecified atom stereocenters. The quantitative estimate of drug-likeness (QED) is 0.587. The van der Waals surface area contributed by atoms with Gasteiger partial charge in [0.2, 0.25) is 0 Å². The summed E-state index contributed by atoms with van der Waals surface area (Å²) in [5.41, 5.74) is 5.49. The number of aliphatic imine (C=N–C) groups is 1. The third kappa shape index (κ3) is 7.04. The molecule has 2 N–H and O–H groups in total. The molecule has 0 aliphatic heterocycles. The normalized spacial score (nSPS) is 13.4. The zero-order valence-corrected chi connectivity index (χ0v) is 9.30. The summed E-state index contributed by atoms with van der Waals surface area (Å²) in [5.74, 6) is -0.0378. The molecule has 6 heteroatoms. The van der Waals surface area contributed by atoms with Gasteiger partial charge in [-0.1, -0.05) is 6.92 Å². The molecule has 0 fully saturated rings. The van der Waals surface area contributed by atoms with Crippen LogP contribution in [0.2, 0.25) is 0 Å². The van der Waals surface area contributed by atoms with Crippen molar-refractivity contribution in [2.75, 3.05) is 13.1 Å². The molecule has 90 valence electrons. The van der Waals surface area contributed by atoms with Crippen LogP contribution in [0.5, 0.6) is 0 Å². The van der Waals surface area contributed by atoms with E-state index in [-0.39, 0.29) is 18.5 Å². The third-order valence-corrected chi connectivity index (χ3v) is 1.58. The minimum Gasteiger partial charge on any atom is -0.370 e. The molecule has 0 aromatic carbocycles. The van der Waals surface area contributed by atoms with Gasteiger partial charge in [0.25, 0.3) is 0 Å². The Morgan fingerprint density at radius 3 is 2.27 bits per heavy atom. The first-order valence-corrected chi connectivity index (χ1v) is 4.91. The van der Waals surface area contributed by atoms with Crippen LogP contribution >= 0.6 is 0 Å². The Morgan fingerprint density at radius 2 is 1.93 bits per heavy atom. The largest absolute Gasteiger partial charge is 0.406 e. The highest BCUT2D eigenvalue weighted by atomic mass is 19.4. The predicted molar refractivity (Wildman–Crippen MR) is 54.7 cm³/mol. The Morgan fingerprint density at radius 1 is 1.40 bits per heavy atom. The third-order valence-electron chi connectivity index (χ3n) is 1.58. The fraction of sp³-hybridized carbons (Fsp3) is 0.889. The van der Waals surface area contributed by atoms with Crippen molar-refractivity contribution in [2.24, 2.45) is 10.7 Å². The molecular weight excluding hydrogens is 207 g/mol. The monoisotopic (exact) mass is 225 g/mol. The first kappa shape index (κ1) is 14.1. The van der Waals surface area contributed by atoms with Crippen molar-refractivity contribution in [1.82, 2.24) is 4.90 Å². The van der Waals surface area contributed by atoms with Gasteiger partial charge in [-0.2, -0.15) is 13.2 Å². The molecule has 15 heavy (non-hydrogen) atoms. The Kier molecular flexibility index (Phi) is 5.46. The number of rotatable bonds is 4. The number of nitrogens with zero attached hydrogens (tertiary/aromatic N) is 2. The van der Waals surface area contributed by atoms with Crippen molar-refractivity contribution in [3.63, 3.8) is 0 Å². The smallest absolute Gasteiger partial charge is 0.370 e. The number of hydrogen-bond acceptors (Lipinski definition) is 1. The summed E-state index contributed by atoms with van der Waals surface area (Å²) in [5, 5.41) is 0. The Hall–Kier alpha value is -0.940. The highest BCUT2D eigenvalue weighted by Crippen LogP contribution is 2.16. The van der Waals surface area contributed by atoms with Crippen LogP contribution in [0.3, 0.4) is 0 Å². The van der Waals surface area contributed by atoms with Gasteiger partial charge in [-0.15, -0.1) is 0 Å². The molecule has 0 saturated heterocycles. The summed E-state index contributed by atoms with van der Waals surface area (Å²) in [6, 6.07) is -0.0995. The predicted octanol–water partition coefficient (Wildman–Crippen LogP) is 1.98. The highest BCUT2D eigenvalue weighted by Gasteiger charge is 2.31. The van der Waals surface area contributed by atoms with E-state index in [0.717, 1.165) is 4.90 Å². The molecule has 0 radical (unpaired) electrons. The van der Waals surface area contributed by atoms with Gasteiger partial charge >= 0.3 is 6.18 Å². The Bertz CT molecular complexity index is 211. The van der Waals surface area contributed by atoms with E-state index in [1.165, 1.54) is 0 Å². The lowest BCUT2D eigenvalue weighted by molar-refractivity contribution is -0.138. The lowest BCUT2D eigenvalue weighted by Gasteiger charge is -2.24. The van der Waals surface area contributed by atoms with Gasteiger partial charge in [0.1, 0.15) is 6.54 Å². The molecule has 0 amide bonds. The summed E-state index contributed by atoms with van der Waals surface area (Å²) in [7, 11) is 0. The van der Waals surface area contributed by atoms with E-state index < -0.39 is 12.7 Å². The maximum Gasteiger partial charge on any atom is 0.406 e. The second-order valence-corrected chi connectivity index (χ2v) is 3.62. The molecule has 0 atom stereocenters. The molecule has 0 bridgehead atoms. The fourth-order valence-electron chi connectivity index (χ4n) is 1.11. The van der Waals surface area contributed by atoms with Gasteiger partial charge in [0, 0.05) is 12.6 Å². The molecule has 0 aromatic rings. The summed E-state index contributed by atoms with van der Waals surface area (Å²) >= 11 is 0. The van der Waals surface area contributed by atoms with Gasteiger partial charge in [-0.05, 0) is 20.3 Å². The lowest BCUT2D eigenvalue weighted by atomic mass is 10.4. The van der Waals surface area contributed by atoms with Gasteiger partial charge in [-0.3, -0.25) is 4.99 Å². The summed E-state index contributed by atoms with van der Waals surface area (Å²) in [6.45, 7) is 4.56. The van der Waals surface area contributed by atoms with E-state index >= 15 is 0 Å². The minimum atomic E-state index is -4.24. The molecule has 0 spiro atoms. The second-order valence-electron chi connectivity index (χ2n) is 3.62. The van der Waals surface area contributed by atoms with E-state index in [1.807, 2.05) is 0 Å². The van der Waals surface area contributed by atoms with Crippen LogP contribution in [-0.2, 0) is 0 Å². The molecule has 0 heterocycles. The Balaban J connectivity index is 4.51. The summed E-state index contributed by atoms with van der Waals surface area (Å²) < 4.78 is 36.5. The lowest BCUT2D eigenvalue weighted by Crippen LogP contribution is -2.44. The first-order chi connectivity index (χ1) is 6.76. The minimum absolute atomic E-state index is 0.0378. The Labute approximate surface area is 88.2 Å². The summed E-state index contributed by atoms with van der Waals surface area (Å²) in [4.78, 5) is 4.96. The fourth-order valence-corrected chi connectivity index (χ4v) is 1.11. The van der Waals surface area contributed by atoms with Crippen LogP contribution in [0.4, 0.5) is 13.2 Å². The van der Waals surface area contributed by atoms with Gasteiger partial charge in [0.15, 0.2) is 5.96 Å². The van der Waals surface area contributed by atoms with Crippen molar-refractivity contribution < 1.29 is 13.2 Å². The number of halogens is 3. The van der Waals surface area contributed by atoms with Crippen molar-refractivity contribution >= 4 is 5.96 Å². The molecule has 0 rings (SSSR count). The number of guanidine groups is 1. The zero-order valence-electron chi connectivity index (χ0n) is 9.30. The van der Waals surface area contributed by atoms with Crippen molar-refractivity contribution in [1.29, 1.82) is 0 Å². The van der Waals surface area contributed by atoms with Crippen molar-refractivity contribution in [2.45, 2.75) is 39.4 Å². The van der Waals surface area contributed by atoms with Crippen molar-refractivity contribution in [3.8, 4) is 0 Å². The average molecular weight is 225 g/mol. The molecule has 3 nitrogen and oxygen atoms in total. The van der Waals surface area contributed by atoms with E-state index in [0.29, 0.717) is 6.42 Å².